The number of carbonyl (C=O) groups is 3. The fourth-order valence-corrected chi connectivity index (χ4v) is 5.86. The molecule has 1 aliphatic heterocycles. The molecule has 4 rings (SSSR count). The molecule has 0 spiro atoms. The van der Waals surface area contributed by atoms with Gasteiger partial charge >= 0.3 is 6.09 Å². The van der Waals surface area contributed by atoms with Gasteiger partial charge in [0.15, 0.2) is 12.4 Å². The number of hydrogen-bond acceptors (Lipinski definition) is 10. The molecule has 0 saturated heterocycles. The highest BCUT2D eigenvalue weighted by Crippen LogP contribution is 2.39. The van der Waals surface area contributed by atoms with E-state index >= 15 is 0 Å². The molecule has 3 heterocycles. The third kappa shape index (κ3) is 9.10. The number of nitrogens with zero attached hydrogens (tertiary/aromatic N) is 4. The lowest BCUT2D eigenvalue weighted by Crippen LogP contribution is -2.37. The second-order valence-electron chi connectivity index (χ2n) is 11.3. The summed E-state index contributed by atoms with van der Waals surface area (Å²) in [5.41, 5.74) is 5.16. The Bertz CT molecular complexity index is 1560. The maximum absolute atomic E-state index is 13.0. The highest BCUT2D eigenvalue weighted by molar-refractivity contribution is 7.15. The van der Waals surface area contributed by atoms with Crippen LogP contribution >= 0.6 is 22.9 Å². The van der Waals surface area contributed by atoms with Gasteiger partial charge < -0.3 is 20.1 Å². The largest absolute Gasteiger partial charge is 0.442 e. The molecule has 0 fully saturated rings. The maximum Gasteiger partial charge on any atom is 0.431 e. The van der Waals surface area contributed by atoms with Crippen molar-refractivity contribution < 1.29 is 28.7 Å². The molecule has 3 N–H and O–H groups in total. The number of nitrogens with one attached hydrogen (secondary N) is 3. The van der Waals surface area contributed by atoms with E-state index in [0.717, 1.165) is 33.2 Å². The van der Waals surface area contributed by atoms with Crippen LogP contribution in [-0.2, 0) is 23.9 Å². The van der Waals surface area contributed by atoms with Crippen LogP contribution in [0.5, 0.6) is 0 Å². The monoisotopic (exact) mass is 659 g/mol. The Labute approximate surface area is 270 Å². The van der Waals surface area contributed by atoms with Crippen molar-refractivity contribution in [2.45, 2.75) is 59.6 Å². The normalized spacial score (nSPS) is 14.1. The third-order valence-electron chi connectivity index (χ3n) is 6.63. The molecule has 2 aromatic heterocycles. The van der Waals surface area contributed by atoms with Crippen molar-refractivity contribution in [1.82, 2.24) is 30.9 Å². The molecule has 0 unspecified atom stereocenters. The Morgan fingerprint density at radius 1 is 1.00 bits per heavy atom. The van der Waals surface area contributed by atoms with Crippen LogP contribution in [0.3, 0.4) is 0 Å². The van der Waals surface area contributed by atoms with Gasteiger partial charge in [-0.3, -0.25) is 24.0 Å². The smallest absolute Gasteiger partial charge is 0.431 e. The summed E-state index contributed by atoms with van der Waals surface area (Å²) < 4.78 is 12.5. The topological polar surface area (TPSA) is 158 Å². The minimum atomic E-state index is -0.785. The van der Waals surface area contributed by atoms with Crippen LogP contribution in [0.1, 0.15) is 66.5 Å². The fourth-order valence-electron chi connectivity index (χ4n) is 4.52. The summed E-state index contributed by atoms with van der Waals surface area (Å²) >= 11 is 7.82. The standard InChI is InChI=1S/C30H38ClN7O6S/c1-17-18(2)45-28-25(17)26(20-7-9-21(31)10-8-20)34-22(27-36-35-19(3)38(27)28)15-23(39)32-11-13-42-14-12-33-24(40)16-43-37-29(41)44-30(4,5)6/h7-10,22H,11-16H2,1-6H3,(H,32,39)(H,33,40)(H,37,41)/t22-/m0/s1. The first-order chi connectivity index (χ1) is 21.3. The van der Waals surface area contributed by atoms with Crippen LogP contribution in [0.15, 0.2) is 29.3 Å². The van der Waals surface area contributed by atoms with E-state index in [-0.39, 0.29) is 45.2 Å². The van der Waals surface area contributed by atoms with E-state index in [2.05, 4.69) is 34.7 Å². The average Bonchev–Trinajstić information content (AvgIpc) is 3.44. The minimum absolute atomic E-state index is 0.0651. The van der Waals surface area contributed by atoms with Gasteiger partial charge in [0.2, 0.25) is 11.8 Å². The summed E-state index contributed by atoms with van der Waals surface area (Å²) in [6.07, 6.45) is -0.720. The van der Waals surface area contributed by atoms with E-state index < -0.39 is 23.6 Å². The molecule has 0 saturated carbocycles. The predicted octanol–water partition coefficient (Wildman–Crippen LogP) is 3.89. The molecule has 13 nitrogen and oxygen atoms in total. The first-order valence-corrected chi connectivity index (χ1v) is 15.6. The van der Waals surface area contributed by atoms with E-state index in [4.69, 9.17) is 30.9 Å². The van der Waals surface area contributed by atoms with Crippen molar-refractivity contribution in [2.75, 3.05) is 32.9 Å². The minimum Gasteiger partial charge on any atom is -0.442 e. The Balaban J connectivity index is 1.28. The van der Waals surface area contributed by atoms with E-state index in [1.54, 1.807) is 32.1 Å². The first-order valence-electron chi connectivity index (χ1n) is 14.4. The third-order valence-corrected chi connectivity index (χ3v) is 8.08. The van der Waals surface area contributed by atoms with Crippen molar-refractivity contribution in [3.05, 3.63) is 62.5 Å². The molecule has 3 aromatic rings. The first kappa shape index (κ1) is 34.0. The average molecular weight is 660 g/mol. The molecular formula is C30H38ClN7O6S. The highest BCUT2D eigenvalue weighted by atomic mass is 35.5. The molecule has 15 heteroatoms. The summed E-state index contributed by atoms with van der Waals surface area (Å²) in [5, 5.41) is 15.8. The summed E-state index contributed by atoms with van der Waals surface area (Å²) in [5.74, 6) is 0.673. The molecular weight excluding hydrogens is 622 g/mol. The van der Waals surface area contributed by atoms with Gasteiger partial charge in [0.1, 0.15) is 22.5 Å². The van der Waals surface area contributed by atoms with Gasteiger partial charge in [-0.15, -0.1) is 21.5 Å². The summed E-state index contributed by atoms with van der Waals surface area (Å²) in [6.45, 7) is 11.8. The Hall–Kier alpha value is -3.85. The van der Waals surface area contributed by atoms with E-state index in [0.29, 0.717) is 10.8 Å². The molecule has 3 amide bonds. The summed E-state index contributed by atoms with van der Waals surface area (Å²) in [7, 11) is 0. The van der Waals surface area contributed by atoms with Gasteiger partial charge in [0.05, 0.1) is 25.3 Å². The number of halogens is 1. The zero-order chi connectivity index (χ0) is 32.7. The fraction of sp³-hybridized carbons (Fsp3) is 0.467. The second kappa shape index (κ2) is 15.0. The van der Waals surface area contributed by atoms with Gasteiger partial charge in [0, 0.05) is 34.1 Å². The second-order valence-corrected chi connectivity index (χ2v) is 13.0. The number of ether oxygens (including phenoxy) is 2. The number of thiophene rings is 1. The van der Waals surface area contributed by atoms with Crippen molar-refractivity contribution in [3.63, 3.8) is 0 Å². The van der Waals surface area contributed by atoms with E-state index in [1.165, 1.54) is 4.88 Å². The molecule has 0 aliphatic carbocycles. The van der Waals surface area contributed by atoms with Crippen LogP contribution < -0.4 is 16.1 Å². The summed E-state index contributed by atoms with van der Waals surface area (Å²) in [4.78, 5) is 47.5. The molecule has 242 valence electrons. The number of aromatic nitrogens is 3. The number of rotatable bonds is 12. The van der Waals surface area contributed by atoms with E-state index in [1.807, 2.05) is 41.2 Å². The lowest BCUT2D eigenvalue weighted by molar-refractivity contribution is -0.128. The SMILES string of the molecule is Cc1sc2c(c1C)C(c1ccc(Cl)cc1)=N[C@@H](CC(=O)NCCOCCNC(=O)CONC(=O)OC(C)(C)C)c1nnc(C)n1-2. The molecule has 0 radical (unpaired) electrons. The number of aliphatic imine (C=N–C) groups is 1. The van der Waals surface area contributed by atoms with Gasteiger partial charge in [-0.25, -0.2) is 4.79 Å². The number of hydrogen-bond donors (Lipinski definition) is 3. The molecule has 45 heavy (non-hydrogen) atoms. The zero-order valence-corrected chi connectivity index (χ0v) is 27.7. The van der Waals surface area contributed by atoms with Crippen molar-refractivity contribution in [2.24, 2.45) is 4.99 Å². The van der Waals surface area contributed by atoms with Crippen molar-refractivity contribution in [1.29, 1.82) is 0 Å². The molecule has 1 aliphatic rings. The van der Waals surface area contributed by atoms with Crippen LogP contribution in [0.2, 0.25) is 5.02 Å². The van der Waals surface area contributed by atoms with Crippen molar-refractivity contribution in [3.8, 4) is 5.00 Å². The van der Waals surface area contributed by atoms with Gasteiger partial charge in [-0.2, -0.15) is 5.48 Å². The summed E-state index contributed by atoms with van der Waals surface area (Å²) in [6, 6.07) is 6.95. The lowest BCUT2D eigenvalue weighted by atomic mass is 9.99. The predicted molar refractivity (Wildman–Crippen MR) is 170 cm³/mol. The Kier molecular flexibility index (Phi) is 11.3. The number of aryl methyl sites for hydroxylation is 2. The molecule has 1 atom stereocenters. The van der Waals surface area contributed by atoms with Gasteiger partial charge in [0.25, 0.3) is 0 Å². The number of amides is 3. The van der Waals surface area contributed by atoms with Crippen LogP contribution in [0, 0.1) is 20.8 Å². The van der Waals surface area contributed by atoms with Crippen LogP contribution in [0.25, 0.3) is 5.00 Å². The molecule has 0 bridgehead atoms. The number of hydroxylamine groups is 1. The Morgan fingerprint density at radius 2 is 1.67 bits per heavy atom. The van der Waals surface area contributed by atoms with Gasteiger partial charge in [-0.05, 0) is 59.2 Å². The van der Waals surface area contributed by atoms with E-state index in [9.17, 15) is 14.4 Å². The lowest BCUT2D eigenvalue weighted by Gasteiger charge is -2.19. The number of fused-ring (bicyclic) bond motifs is 3. The quantitative estimate of drug-likeness (QED) is 0.195. The van der Waals surface area contributed by atoms with Crippen molar-refractivity contribution >= 4 is 46.6 Å². The van der Waals surface area contributed by atoms with Crippen LogP contribution in [0.4, 0.5) is 4.79 Å². The van der Waals surface area contributed by atoms with Crippen LogP contribution in [-0.4, -0.2) is 76.9 Å². The highest BCUT2D eigenvalue weighted by Gasteiger charge is 2.32. The maximum atomic E-state index is 13.0. The van der Waals surface area contributed by atoms with Gasteiger partial charge in [-0.1, -0.05) is 23.7 Å². The number of carbonyl (C=O) groups excluding carboxylic acids is 3. The number of benzene rings is 1. The zero-order valence-electron chi connectivity index (χ0n) is 26.2. The molecule has 1 aromatic carbocycles. The Morgan fingerprint density at radius 3 is 2.33 bits per heavy atom.